The molecule has 0 saturated carbocycles. The highest BCUT2D eigenvalue weighted by molar-refractivity contribution is 5.99. The molecule has 2 N–H and O–H groups in total. The van der Waals surface area contributed by atoms with Crippen molar-refractivity contribution in [3.8, 4) is 5.75 Å². The standard InChI is InChI=1S/C20H19N3O5/c1-12-19(25)22-14-11-13(8-9-16(14)27-12)21-18(24)7-4-10-23-15-5-2-3-6-17(15)28-20(23)26/h2-3,5-6,8-9,11-12H,4,7,10H2,1H3,(H,21,24)(H,22,25)/t12-/m0/s1. The van der Waals surface area contributed by atoms with Crippen LogP contribution in [0.4, 0.5) is 11.4 Å². The van der Waals surface area contributed by atoms with Gasteiger partial charge in [0.2, 0.25) is 5.91 Å². The molecule has 3 aromatic rings. The predicted molar refractivity (Wildman–Crippen MR) is 103 cm³/mol. The second kappa shape index (κ2) is 7.22. The summed E-state index contributed by atoms with van der Waals surface area (Å²) in [4.78, 5) is 35.9. The highest BCUT2D eigenvalue weighted by atomic mass is 16.5. The number of hydrogen-bond donors (Lipinski definition) is 2. The fourth-order valence-corrected chi connectivity index (χ4v) is 3.13. The van der Waals surface area contributed by atoms with Crippen molar-refractivity contribution >= 4 is 34.3 Å². The van der Waals surface area contributed by atoms with Gasteiger partial charge in [0.1, 0.15) is 5.75 Å². The lowest BCUT2D eigenvalue weighted by Gasteiger charge is -2.23. The Hall–Kier alpha value is -3.55. The quantitative estimate of drug-likeness (QED) is 0.707. The number of oxazole rings is 1. The average molecular weight is 381 g/mol. The number of rotatable bonds is 5. The van der Waals surface area contributed by atoms with Crippen molar-refractivity contribution in [2.24, 2.45) is 0 Å². The Balaban J connectivity index is 1.36. The zero-order chi connectivity index (χ0) is 19.7. The molecule has 144 valence electrons. The second-order valence-electron chi connectivity index (χ2n) is 6.60. The van der Waals surface area contributed by atoms with E-state index in [2.05, 4.69) is 10.6 Å². The molecule has 2 amide bonds. The largest absolute Gasteiger partial charge is 0.479 e. The first-order valence-corrected chi connectivity index (χ1v) is 9.01. The highest BCUT2D eigenvalue weighted by Crippen LogP contribution is 2.32. The van der Waals surface area contributed by atoms with Crippen molar-refractivity contribution in [2.75, 3.05) is 10.6 Å². The molecular weight excluding hydrogens is 362 g/mol. The van der Waals surface area contributed by atoms with Gasteiger partial charge in [-0.05, 0) is 43.7 Å². The van der Waals surface area contributed by atoms with E-state index in [4.69, 9.17) is 9.15 Å². The van der Waals surface area contributed by atoms with Crippen molar-refractivity contribution in [1.82, 2.24) is 4.57 Å². The van der Waals surface area contributed by atoms with Gasteiger partial charge >= 0.3 is 5.76 Å². The molecule has 1 aliphatic heterocycles. The lowest BCUT2D eigenvalue weighted by atomic mass is 10.2. The first kappa shape index (κ1) is 17.8. The van der Waals surface area contributed by atoms with Crippen LogP contribution in [0.5, 0.6) is 5.75 Å². The van der Waals surface area contributed by atoms with E-state index in [0.717, 1.165) is 0 Å². The van der Waals surface area contributed by atoms with Gasteiger partial charge in [-0.2, -0.15) is 0 Å². The van der Waals surface area contributed by atoms with Gasteiger partial charge in [-0.15, -0.1) is 0 Å². The molecule has 2 heterocycles. The Kier molecular flexibility index (Phi) is 4.60. The number of para-hydroxylation sites is 2. The molecule has 0 fully saturated rings. The van der Waals surface area contributed by atoms with E-state index in [1.54, 1.807) is 37.3 Å². The molecule has 1 atom stereocenters. The van der Waals surface area contributed by atoms with Gasteiger partial charge in [0.05, 0.1) is 11.2 Å². The molecule has 1 aromatic heterocycles. The third-order valence-corrected chi connectivity index (χ3v) is 4.55. The Bertz CT molecular complexity index is 1110. The van der Waals surface area contributed by atoms with Gasteiger partial charge in [-0.3, -0.25) is 14.2 Å². The summed E-state index contributed by atoms with van der Waals surface area (Å²) in [6, 6.07) is 12.3. The number of nitrogens with one attached hydrogen (secondary N) is 2. The molecule has 4 rings (SSSR count). The maximum Gasteiger partial charge on any atom is 0.419 e. The van der Waals surface area contributed by atoms with Crippen LogP contribution in [0.15, 0.2) is 51.7 Å². The lowest BCUT2D eigenvalue weighted by molar-refractivity contribution is -0.122. The van der Waals surface area contributed by atoms with E-state index in [1.165, 1.54) is 4.57 Å². The van der Waals surface area contributed by atoms with Crippen LogP contribution in [0.1, 0.15) is 19.8 Å². The number of carbonyl (C=O) groups is 2. The molecular formula is C20H19N3O5. The molecule has 0 saturated heterocycles. The van der Waals surface area contributed by atoms with Crippen molar-refractivity contribution in [3.05, 3.63) is 53.0 Å². The Labute approximate surface area is 160 Å². The van der Waals surface area contributed by atoms with Crippen LogP contribution in [-0.4, -0.2) is 22.5 Å². The third-order valence-electron chi connectivity index (χ3n) is 4.55. The average Bonchev–Trinajstić information content (AvgIpc) is 2.98. The van der Waals surface area contributed by atoms with E-state index in [0.29, 0.717) is 41.2 Å². The van der Waals surface area contributed by atoms with Crippen LogP contribution < -0.4 is 21.1 Å². The topological polar surface area (TPSA) is 103 Å². The SMILES string of the molecule is C[C@@H]1Oc2ccc(NC(=O)CCCn3c(=O)oc4ccccc43)cc2NC1=O. The van der Waals surface area contributed by atoms with E-state index in [-0.39, 0.29) is 18.2 Å². The number of amides is 2. The van der Waals surface area contributed by atoms with Crippen LogP contribution in [0, 0.1) is 0 Å². The van der Waals surface area contributed by atoms with Crippen molar-refractivity contribution in [3.63, 3.8) is 0 Å². The van der Waals surface area contributed by atoms with Crippen LogP contribution in [0.25, 0.3) is 11.1 Å². The van der Waals surface area contributed by atoms with E-state index < -0.39 is 11.9 Å². The minimum Gasteiger partial charge on any atom is -0.479 e. The highest BCUT2D eigenvalue weighted by Gasteiger charge is 2.23. The van der Waals surface area contributed by atoms with Gasteiger partial charge in [0.15, 0.2) is 11.7 Å². The molecule has 0 radical (unpaired) electrons. The van der Waals surface area contributed by atoms with Crippen molar-refractivity contribution in [2.45, 2.75) is 32.4 Å². The fourth-order valence-electron chi connectivity index (χ4n) is 3.13. The van der Waals surface area contributed by atoms with Crippen LogP contribution >= 0.6 is 0 Å². The Morgan fingerprint density at radius 3 is 2.89 bits per heavy atom. The number of ether oxygens (including phenoxy) is 1. The molecule has 28 heavy (non-hydrogen) atoms. The molecule has 0 bridgehead atoms. The minimum atomic E-state index is -0.546. The summed E-state index contributed by atoms with van der Waals surface area (Å²) in [6.45, 7) is 2.05. The zero-order valence-corrected chi connectivity index (χ0v) is 15.2. The first-order chi connectivity index (χ1) is 13.5. The number of aromatic nitrogens is 1. The van der Waals surface area contributed by atoms with Crippen LogP contribution in [-0.2, 0) is 16.1 Å². The number of aryl methyl sites for hydroxylation is 1. The summed E-state index contributed by atoms with van der Waals surface area (Å²) in [7, 11) is 0. The maximum absolute atomic E-state index is 12.2. The predicted octanol–water partition coefficient (Wildman–Crippen LogP) is 2.73. The Morgan fingerprint density at radius 2 is 2.04 bits per heavy atom. The lowest BCUT2D eigenvalue weighted by Crippen LogP contribution is -2.34. The van der Waals surface area contributed by atoms with Crippen molar-refractivity contribution < 1.29 is 18.7 Å². The summed E-state index contributed by atoms with van der Waals surface area (Å²) >= 11 is 0. The van der Waals surface area contributed by atoms with Gasteiger partial charge in [-0.1, -0.05) is 12.1 Å². The summed E-state index contributed by atoms with van der Waals surface area (Å²) in [6.07, 6.45) is 0.177. The zero-order valence-electron chi connectivity index (χ0n) is 15.2. The van der Waals surface area contributed by atoms with E-state index in [1.807, 2.05) is 12.1 Å². The van der Waals surface area contributed by atoms with Gasteiger partial charge in [-0.25, -0.2) is 4.79 Å². The number of anilines is 2. The number of hydrogen-bond acceptors (Lipinski definition) is 5. The van der Waals surface area contributed by atoms with Crippen LogP contribution in [0.2, 0.25) is 0 Å². The van der Waals surface area contributed by atoms with E-state index >= 15 is 0 Å². The van der Waals surface area contributed by atoms with Gasteiger partial charge in [0, 0.05) is 18.7 Å². The van der Waals surface area contributed by atoms with Crippen molar-refractivity contribution in [1.29, 1.82) is 0 Å². The number of fused-ring (bicyclic) bond motifs is 2. The molecule has 2 aromatic carbocycles. The fraction of sp³-hybridized carbons (Fsp3) is 0.250. The molecule has 0 spiro atoms. The smallest absolute Gasteiger partial charge is 0.419 e. The summed E-state index contributed by atoms with van der Waals surface area (Å²) in [5, 5.41) is 5.54. The molecule has 1 aliphatic rings. The number of benzene rings is 2. The summed E-state index contributed by atoms with van der Waals surface area (Å²) in [5.41, 5.74) is 2.34. The number of nitrogens with zero attached hydrogens (tertiary/aromatic N) is 1. The number of carbonyl (C=O) groups excluding carboxylic acids is 2. The molecule has 8 nitrogen and oxygen atoms in total. The molecule has 0 aliphatic carbocycles. The summed E-state index contributed by atoms with van der Waals surface area (Å²) < 4.78 is 12.2. The monoisotopic (exact) mass is 381 g/mol. The first-order valence-electron chi connectivity index (χ1n) is 9.01. The maximum atomic E-state index is 12.2. The second-order valence-corrected chi connectivity index (χ2v) is 6.60. The Morgan fingerprint density at radius 1 is 1.21 bits per heavy atom. The van der Waals surface area contributed by atoms with E-state index in [9.17, 15) is 14.4 Å². The minimum absolute atomic E-state index is 0.183. The third kappa shape index (κ3) is 3.48. The summed E-state index contributed by atoms with van der Waals surface area (Å²) in [5.74, 6) is -0.274. The molecule has 0 unspecified atom stereocenters. The normalized spacial score (nSPS) is 15.6. The van der Waals surface area contributed by atoms with Crippen LogP contribution in [0.3, 0.4) is 0 Å². The van der Waals surface area contributed by atoms with Gasteiger partial charge < -0.3 is 19.8 Å². The molecule has 8 heteroatoms. The van der Waals surface area contributed by atoms with Gasteiger partial charge in [0.25, 0.3) is 5.91 Å².